The van der Waals surface area contributed by atoms with Gasteiger partial charge < -0.3 is 0 Å². The lowest BCUT2D eigenvalue weighted by molar-refractivity contribution is 0.702. The van der Waals surface area contributed by atoms with Crippen LogP contribution < -0.4 is 0 Å². The molecule has 0 saturated carbocycles. The smallest absolute Gasteiger partial charge is 0.197 e. The molecule has 24 valence electrons. The Morgan fingerprint density at radius 1 is 0.750 bits per heavy atom. The van der Waals surface area contributed by atoms with Gasteiger partial charge in [0.1, 0.15) is 0 Å². The van der Waals surface area contributed by atoms with Gasteiger partial charge in [0.05, 0.1) is 0 Å². The molecule has 2 nitrogen and oxygen atoms in total. The van der Waals surface area contributed by atoms with Gasteiger partial charge in [-0.1, -0.05) is 0 Å². The van der Waals surface area contributed by atoms with Crippen molar-refractivity contribution in [3.8, 4) is 0 Å². The molecule has 0 aliphatic carbocycles. The summed E-state index contributed by atoms with van der Waals surface area (Å²) in [4.78, 5) is 0. The average Bonchev–Trinajstić information content (AvgIpc) is 1.50. The summed E-state index contributed by atoms with van der Waals surface area (Å²) in [5.74, 6) is 0. The van der Waals surface area contributed by atoms with Gasteiger partial charge in [0.15, 0.2) is 25.1 Å². The molecule has 0 aromatic heterocycles. The lowest BCUT2D eigenvalue weighted by Crippen LogP contribution is -0.894. The van der Waals surface area contributed by atoms with Crippen LogP contribution in [0.2, 0.25) is 0 Å². The van der Waals surface area contributed by atoms with Crippen molar-refractivity contribution in [3.05, 3.63) is 0 Å². The standard InChI is InChI=1S/2OS/c2*1-2. The predicted molar refractivity (Wildman–Crippen MR) is 16.3 cm³/mol. The Balaban J connectivity index is 0. The first-order valence-corrected chi connectivity index (χ1v) is 1.00. The Hall–Kier alpha value is 0.0400. The van der Waals surface area contributed by atoms with Gasteiger partial charge in [-0.3, -0.25) is 0 Å². The first-order valence-electron chi connectivity index (χ1n) is 0.333. The van der Waals surface area contributed by atoms with Gasteiger partial charge >= 0.3 is 0 Å². The molecule has 0 atom stereocenters. The maximum atomic E-state index is 7.83. The maximum absolute atomic E-state index is 7.83. The zero-order chi connectivity index (χ0) is 4.00. The first-order chi connectivity index (χ1) is 2.00. The van der Waals surface area contributed by atoms with Crippen molar-refractivity contribution in [3.63, 3.8) is 0 Å². The zero-order valence-electron chi connectivity index (χ0n) is 1.63. The summed E-state index contributed by atoms with van der Waals surface area (Å²) in [6.07, 6.45) is 0. The molecule has 0 aromatic rings. The van der Waals surface area contributed by atoms with Crippen LogP contribution in [0.15, 0.2) is 0 Å². The highest BCUT2D eigenvalue weighted by Gasteiger charge is 0.736. The molecule has 0 N–H and O–H groups in total. The quantitative estimate of drug-likeness (QED) is 0.400. The molecule has 0 saturated heterocycles. The molecule has 0 aromatic carbocycles. The fourth-order valence-corrected chi connectivity index (χ4v) is 0. The van der Waals surface area contributed by atoms with Crippen LogP contribution in [0.4, 0.5) is 0 Å². The molecule has 0 heterocycles. The van der Waals surface area contributed by atoms with Crippen LogP contribution in [0.1, 0.15) is 0 Å². The topological polar surface area (TPSA) is 34.1 Å². The van der Waals surface area contributed by atoms with Gasteiger partial charge in [0, 0.05) is 0 Å². The van der Waals surface area contributed by atoms with Crippen LogP contribution in [0.25, 0.3) is 0 Å². The van der Waals surface area contributed by atoms with Crippen molar-refractivity contribution < 1.29 is 8.42 Å². The van der Waals surface area contributed by atoms with Crippen LogP contribution in [-0.4, -0.2) is 8.42 Å². The fraction of sp³-hybridized carbons (Fsp3) is 0. The van der Waals surface area contributed by atoms with E-state index in [1.165, 1.54) is 0 Å². The van der Waals surface area contributed by atoms with Crippen molar-refractivity contribution in [2.75, 3.05) is 0 Å². The van der Waals surface area contributed by atoms with Crippen molar-refractivity contribution in [2.45, 2.75) is 0 Å². The second-order valence-corrected chi connectivity index (χ2v) is 0. The fourth-order valence-electron chi connectivity index (χ4n) is 0. The van der Waals surface area contributed by atoms with E-state index in [9.17, 15) is 0 Å². The Kier molecular flexibility index (Phi) is 17700. The molecule has 0 rings (SSSR count). The summed E-state index contributed by atoms with van der Waals surface area (Å²) in [5, 5.41) is 0. The van der Waals surface area contributed by atoms with Crippen LogP contribution in [0, 0.1) is 0 Å². The van der Waals surface area contributed by atoms with Crippen molar-refractivity contribution in [1.82, 2.24) is 0 Å². The lowest BCUT2D eigenvalue weighted by atomic mass is 16.0. The maximum Gasteiger partial charge on any atom is 0.197 e. The third kappa shape index (κ3) is 1380. The molecule has 0 fully saturated rings. The Bertz CT molecular complexity index is 6.00. The van der Waals surface area contributed by atoms with Crippen molar-refractivity contribution in [1.29, 1.82) is 0 Å². The SMILES string of the molecule is O=S.O=S. The number of hydrogen-bond donors (Lipinski definition) is 0. The van der Waals surface area contributed by atoms with E-state index in [0.717, 1.165) is 0 Å². The van der Waals surface area contributed by atoms with Crippen LogP contribution in [-0.2, 0) is 25.1 Å². The summed E-state index contributed by atoms with van der Waals surface area (Å²) >= 11 is 5.67. The van der Waals surface area contributed by atoms with E-state index in [1.54, 1.807) is 0 Å². The number of hydrogen-bond acceptors (Lipinski definition) is 4. The second-order valence-electron chi connectivity index (χ2n) is 0. The molecule has 0 bridgehead atoms. The van der Waals surface area contributed by atoms with E-state index >= 15 is 0 Å². The van der Waals surface area contributed by atoms with Gasteiger partial charge in [0.25, 0.3) is 0 Å². The summed E-state index contributed by atoms with van der Waals surface area (Å²) in [6, 6.07) is 0. The minimum atomic E-state index is 2.83. The molecule has 4 heteroatoms. The third-order valence-corrected chi connectivity index (χ3v) is 0. The van der Waals surface area contributed by atoms with Crippen LogP contribution in [0.5, 0.6) is 0 Å². The molecule has 0 radical (unpaired) electrons. The van der Waals surface area contributed by atoms with Crippen LogP contribution >= 0.6 is 0 Å². The summed E-state index contributed by atoms with van der Waals surface area (Å²) in [6.45, 7) is 0. The van der Waals surface area contributed by atoms with E-state index in [2.05, 4.69) is 25.1 Å². The third-order valence-electron chi connectivity index (χ3n) is 0. The Morgan fingerprint density at radius 3 is 0.750 bits per heavy atom. The molecule has 0 amide bonds. The number of rotatable bonds is 0. The van der Waals surface area contributed by atoms with Gasteiger partial charge in [-0.2, -0.15) is 8.42 Å². The highest BCUT2D eigenvalue weighted by atomic mass is 32.1. The molecule has 0 aliphatic rings. The molecule has 0 unspecified atom stereocenters. The summed E-state index contributed by atoms with van der Waals surface area (Å²) in [7, 11) is 0. The first kappa shape index (κ1) is 8.97. The largest absolute Gasteiger partial charge is 0.197 e. The summed E-state index contributed by atoms with van der Waals surface area (Å²) < 4.78 is 15.7. The predicted octanol–water partition coefficient (Wildman–Crippen LogP) is -0.673. The van der Waals surface area contributed by atoms with Crippen molar-refractivity contribution >= 4 is 25.1 Å². The Morgan fingerprint density at radius 2 is 0.750 bits per heavy atom. The minimum absolute atomic E-state index is 2.83. The minimum Gasteiger partial charge on any atom is -0.197 e. The van der Waals surface area contributed by atoms with E-state index < -0.39 is 0 Å². The summed E-state index contributed by atoms with van der Waals surface area (Å²) in [5.41, 5.74) is 0. The zero-order valence-corrected chi connectivity index (χ0v) is 3.27. The van der Waals surface area contributed by atoms with Crippen LogP contribution in [0.3, 0.4) is 0 Å². The van der Waals surface area contributed by atoms with Crippen molar-refractivity contribution in [2.24, 2.45) is 0 Å². The van der Waals surface area contributed by atoms with E-state index in [1.807, 2.05) is 0 Å². The van der Waals surface area contributed by atoms with Gasteiger partial charge in [0.2, 0.25) is 0 Å². The van der Waals surface area contributed by atoms with E-state index in [-0.39, 0.29) is 0 Å². The normalized spacial score (nSPS) is 2.00. The lowest BCUT2D eigenvalue weighted by Gasteiger charge is -0.734. The molecular weight excluding hydrogens is 96.1 g/mol. The monoisotopic (exact) mass is 95.9 g/mol. The van der Waals surface area contributed by atoms with Gasteiger partial charge in [-0.15, -0.1) is 0 Å². The molecule has 4 heavy (non-hydrogen) atoms. The second kappa shape index (κ2) is 7910. The molecule has 0 spiro atoms. The highest BCUT2D eigenvalue weighted by molar-refractivity contribution is 7.44. The van der Waals surface area contributed by atoms with Gasteiger partial charge in [-0.05, 0) is 0 Å². The molecule has 0 aliphatic heterocycles. The van der Waals surface area contributed by atoms with Gasteiger partial charge in [-0.25, -0.2) is 0 Å². The molecular formula is O2S2. The average molecular weight is 96.1 g/mol. The van der Waals surface area contributed by atoms with E-state index in [0.29, 0.717) is 0 Å². The Labute approximate surface area is 34.3 Å². The highest BCUT2D eigenvalue weighted by Crippen LogP contribution is 0.560. The van der Waals surface area contributed by atoms with E-state index in [4.69, 9.17) is 8.42 Å².